The van der Waals surface area contributed by atoms with E-state index in [0.717, 1.165) is 22.3 Å². The Bertz CT molecular complexity index is 1200. The van der Waals surface area contributed by atoms with Gasteiger partial charge in [-0.3, -0.25) is 14.8 Å². The molecule has 0 spiro atoms. The summed E-state index contributed by atoms with van der Waals surface area (Å²) in [7, 11) is 1.78. The van der Waals surface area contributed by atoms with Crippen molar-refractivity contribution < 1.29 is 9.53 Å². The van der Waals surface area contributed by atoms with Crippen molar-refractivity contribution in [3.8, 4) is 17.1 Å². The van der Waals surface area contributed by atoms with Gasteiger partial charge in [0.25, 0.3) is 0 Å². The monoisotopic (exact) mass is 446 g/mol. The van der Waals surface area contributed by atoms with Crippen molar-refractivity contribution in [1.82, 2.24) is 30.3 Å². The van der Waals surface area contributed by atoms with Crippen LogP contribution in [0.15, 0.2) is 60.2 Å². The molecule has 0 aliphatic heterocycles. The molecule has 0 aromatic carbocycles. The maximum absolute atomic E-state index is 11.5. The molecule has 0 unspecified atom stereocenters. The number of pyridine rings is 1. The molecule has 10 nitrogen and oxygen atoms in total. The molecule has 0 saturated heterocycles. The number of nitrogens with one attached hydrogen (secondary N) is 3. The van der Waals surface area contributed by atoms with E-state index >= 15 is 0 Å². The van der Waals surface area contributed by atoms with Crippen LogP contribution in [0.25, 0.3) is 22.3 Å². The molecule has 3 heterocycles. The van der Waals surface area contributed by atoms with Crippen molar-refractivity contribution in [2.24, 2.45) is 5.10 Å². The first-order chi connectivity index (χ1) is 16.0. The van der Waals surface area contributed by atoms with Crippen LogP contribution in [0.1, 0.15) is 19.8 Å². The number of hydrogen-bond acceptors (Lipinski definition) is 8. The van der Waals surface area contributed by atoms with Gasteiger partial charge in [0.2, 0.25) is 17.7 Å². The van der Waals surface area contributed by atoms with Crippen LogP contribution in [0.3, 0.4) is 0 Å². The number of hydrogen-bond donors (Lipinski definition) is 3. The summed E-state index contributed by atoms with van der Waals surface area (Å²) in [5.41, 5.74) is 3.05. The Morgan fingerprint density at radius 2 is 2.18 bits per heavy atom. The van der Waals surface area contributed by atoms with Crippen molar-refractivity contribution in [2.45, 2.75) is 31.9 Å². The topological polar surface area (TPSA) is 120 Å². The zero-order chi connectivity index (χ0) is 23.4. The number of ether oxygens (including phenoxy) is 1. The summed E-state index contributed by atoms with van der Waals surface area (Å²) in [4.78, 5) is 28.5. The van der Waals surface area contributed by atoms with Crippen LogP contribution in [-0.2, 0) is 4.79 Å². The van der Waals surface area contributed by atoms with E-state index in [1.165, 1.54) is 6.08 Å². The van der Waals surface area contributed by atoms with Crippen LogP contribution >= 0.6 is 0 Å². The highest BCUT2D eigenvalue weighted by Gasteiger charge is 2.33. The number of aromatic nitrogens is 4. The fourth-order valence-corrected chi connectivity index (χ4v) is 3.59. The van der Waals surface area contributed by atoms with Gasteiger partial charge in [-0.1, -0.05) is 12.6 Å². The lowest BCUT2D eigenvalue weighted by Crippen LogP contribution is -2.48. The van der Waals surface area contributed by atoms with Crippen LogP contribution in [0.2, 0.25) is 0 Å². The Morgan fingerprint density at radius 1 is 1.36 bits per heavy atom. The molecule has 1 saturated carbocycles. The summed E-state index contributed by atoms with van der Waals surface area (Å²) < 4.78 is 6.28. The standard InChI is InChI=1S/C23H26N8O2/c1-5-19(32)28-15-10-16(11-15)33-22-20-17(18-8-6-7-9-25-18)12-26-21(20)29-23(30-22)27-14(2)13-31(4)24-3/h5-9,12-13,15-16H,1,3,10-11H2,2,4H3,(H,28,32)(H2,26,27,29,30)/b14-13+/t15-,16-. The summed E-state index contributed by atoms with van der Waals surface area (Å²) in [5.74, 6) is 0.651. The lowest BCUT2D eigenvalue weighted by Gasteiger charge is -2.35. The van der Waals surface area contributed by atoms with Crippen LogP contribution in [-0.4, -0.2) is 56.8 Å². The number of allylic oxidation sites excluding steroid dienone is 1. The molecule has 0 radical (unpaired) electrons. The number of carbonyl (C=O) groups is 1. The molecule has 1 aliphatic carbocycles. The molecule has 4 rings (SSSR count). The SMILES string of the molecule is C=CC(=O)N[C@H]1C[C@H](Oc2nc(N/C(C)=C/N(C)N=C)nc3[nH]cc(-c4ccccn4)c23)C1. The first-order valence-corrected chi connectivity index (χ1v) is 10.5. The van der Waals surface area contributed by atoms with Gasteiger partial charge in [0.1, 0.15) is 11.8 Å². The molecule has 1 aliphatic rings. The highest BCUT2D eigenvalue weighted by Crippen LogP contribution is 2.36. The second-order valence-electron chi connectivity index (χ2n) is 7.77. The number of carbonyl (C=O) groups excluding carboxylic acids is 1. The van der Waals surface area contributed by atoms with E-state index < -0.39 is 0 Å². The molecule has 0 bridgehead atoms. The third-order valence-corrected chi connectivity index (χ3v) is 5.26. The number of anilines is 1. The predicted molar refractivity (Wildman–Crippen MR) is 128 cm³/mol. The number of hydrazone groups is 1. The normalized spacial score (nSPS) is 17.7. The number of aromatic amines is 1. The van der Waals surface area contributed by atoms with E-state index in [0.29, 0.717) is 30.3 Å². The molecule has 3 aromatic rings. The van der Waals surface area contributed by atoms with Crippen molar-refractivity contribution in [1.29, 1.82) is 0 Å². The smallest absolute Gasteiger partial charge is 0.243 e. The second-order valence-corrected chi connectivity index (χ2v) is 7.77. The fourth-order valence-electron chi connectivity index (χ4n) is 3.59. The average Bonchev–Trinajstić information content (AvgIpc) is 3.22. The van der Waals surface area contributed by atoms with Gasteiger partial charge in [0, 0.05) is 62.5 Å². The lowest BCUT2D eigenvalue weighted by molar-refractivity contribution is -0.118. The van der Waals surface area contributed by atoms with Crippen LogP contribution in [0, 0.1) is 0 Å². The third kappa shape index (κ3) is 5.00. The highest BCUT2D eigenvalue weighted by atomic mass is 16.5. The number of rotatable bonds is 9. The summed E-state index contributed by atoms with van der Waals surface area (Å²) in [6.45, 7) is 8.86. The lowest BCUT2D eigenvalue weighted by atomic mass is 9.89. The molecule has 33 heavy (non-hydrogen) atoms. The summed E-state index contributed by atoms with van der Waals surface area (Å²) >= 11 is 0. The Hall–Kier alpha value is -4.21. The first kappa shape index (κ1) is 22.0. The number of nitrogens with zero attached hydrogens (tertiary/aromatic N) is 5. The number of H-pyrrole nitrogens is 1. The molecule has 1 amide bonds. The predicted octanol–water partition coefficient (Wildman–Crippen LogP) is 3.05. The maximum atomic E-state index is 11.5. The van der Waals surface area contributed by atoms with E-state index in [1.54, 1.807) is 24.5 Å². The highest BCUT2D eigenvalue weighted by molar-refractivity contribution is 5.96. The van der Waals surface area contributed by atoms with Gasteiger partial charge < -0.3 is 20.4 Å². The zero-order valence-electron chi connectivity index (χ0n) is 18.6. The van der Waals surface area contributed by atoms with Gasteiger partial charge in [-0.05, 0) is 25.1 Å². The molecule has 1 fully saturated rings. The Balaban J connectivity index is 1.64. The molecular formula is C23H26N8O2. The maximum Gasteiger partial charge on any atom is 0.243 e. The molecule has 3 aromatic heterocycles. The van der Waals surface area contributed by atoms with Gasteiger partial charge in [-0.25, -0.2) is 0 Å². The van der Waals surface area contributed by atoms with E-state index in [1.807, 2.05) is 31.3 Å². The van der Waals surface area contributed by atoms with E-state index in [9.17, 15) is 4.79 Å². The van der Waals surface area contributed by atoms with Crippen molar-refractivity contribution in [3.63, 3.8) is 0 Å². The first-order valence-electron chi connectivity index (χ1n) is 10.5. The average molecular weight is 447 g/mol. The van der Waals surface area contributed by atoms with Crippen molar-refractivity contribution >= 4 is 29.6 Å². The van der Waals surface area contributed by atoms with E-state index in [2.05, 4.69) is 49.0 Å². The van der Waals surface area contributed by atoms with Gasteiger partial charge in [0.15, 0.2) is 0 Å². The second kappa shape index (κ2) is 9.51. The molecule has 170 valence electrons. The van der Waals surface area contributed by atoms with E-state index in [4.69, 9.17) is 4.74 Å². The summed E-state index contributed by atoms with van der Waals surface area (Å²) in [5, 5.41) is 12.2. The summed E-state index contributed by atoms with van der Waals surface area (Å²) in [6.07, 6.45) is 7.93. The van der Waals surface area contributed by atoms with Crippen LogP contribution < -0.4 is 15.4 Å². The van der Waals surface area contributed by atoms with Gasteiger partial charge in [0.05, 0.1) is 11.1 Å². The fraction of sp³-hybridized carbons (Fsp3) is 0.261. The summed E-state index contributed by atoms with van der Waals surface area (Å²) in [6, 6.07) is 5.78. The molecule has 3 N–H and O–H groups in total. The largest absolute Gasteiger partial charge is 0.474 e. The quantitative estimate of drug-likeness (QED) is 0.262. The molecular weight excluding hydrogens is 420 g/mol. The van der Waals surface area contributed by atoms with Crippen LogP contribution in [0.4, 0.5) is 5.95 Å². The Kier molecular flexibility index (Phi) is 6.34. The van der Waals surface area contributed by atoms with Gasteiger partial charge in [-0.15, -0.1) is 0 Å². The molecule has 0 atom stereocenters. The third-order valence-electron chi connectivity index (χ3n) is 5.26. The minimum Gasteiger partial charge on any atom is -0.474 e. The van der Waals surface area contributed by atoms with E-state index in [-0.39, 0.29) is 18.1 Å². The van der Waals surface area contributed by atoms with Gasteiger partial charge in [-0.2, -0.15) is 15.1 Å². The van der Waals surface area contributed by atoms with Crippen molar-refractivity contribution in [2.75, 3.05) is 12.4 Å². The Labute approximate surface area is 191 Å². The minimum absolute atomic E-state index is 0.0593. The van der Waals surface area contributed by atoms with Crippen molar-refractivity contribution in [3.05, 3.63) is 55.1 Å². The minimum atomic E-state index is -0.182. The molecule has 10 heteroatoms. The van der Waals surface area contributed by atoms with Crippen LogP contribution in [0.5, 0.6) is 5.88 Å². The number of fused-ring (bicyclic) bond motifs is 1. The number of amides is 1. The Morgan fingerprint density at radius 3 is 2.88 bits per heavy atom. The van der Waals surface area contributed by atoms with Gasteiger partial charge >= 0.3 is 0 Å². The zero-order valence-corrected chi connectivity index (χ0v) is 18.6.